The molecule has 2 aromatic rings. The van der Waals surface area contributed by atoms with Crippen LogP contribution in [-0.4, -0.2) is 53.0 Å². The molecule has 0 radical (unpaired) electrons. The molecule has 4 heterocycles. The number of aryl methyl sites for hydroxylation is 1. The fraction of sp³-hybridized carbons (Fsp3) is 0.611. The lowest BCUT2D eigenvalue weighted by Gasteiger charge is -2.30. The molecule has 2 aliphatic heterocycles. The Kier molecular flexibility index (Phi) is 4.43. The van der Waals surface area contributed by atoms with Gasteiger partial charge in [-0.05, 0) is 25.5 Å². The maximum Gasteiger partial charge on any atom is 0.118 e. The molecule has 1 spiro atoms. The van der Waals surface area contributed by atoms with Crippen LogP contribution in [0.2, 0.25) is 0 Å². The summed E-state index contributed by atoms with van der Waals surface area (Å²) in [5.74, 6) is 2.48. The average Bonchev–Trinajstić information content (AvgIpc) is 3.25. The molecule has 0 saturated carbocycles. The first-order valence-electron chi connectivity index (χ1n) is 8.66. The topological polar surface area (TPSA) is 52.7 Å². The first kappa shape index (κ1) is 15.9. The maximum atomic E-state index is 6.26. The van der Waals surface area contributed by atoms with Crippen LogP contribution >= 0.6 is 0 Å². The quantitative estimate of drug-likeness (QED) is 0.859. The van der Waals surface area contributed by atoms with Crippen LogP contribution in [-0.2, 0) is 22.6 Å². The molecule has 2 atom stereocenters. The number of hydrogen-bond acceptors (Lipinski definition) is 5. The second-order valence-corrected chi connectivity index (χ2v) is 7.10. The Morgan fingerprint density at radius 2 is 2.33 bits per heavy atom. The van der Waals surface area contributed by atoms with Crippen molar-refractivity contribution in [1.82, 2.24) is 14.5 Å². The van der Waals surface area contributed by atoms with Crippen LogP contribution < -0.4 is 0 Å². The van der Waals surface area contributed by atoms with E-state index in [0.717, 1.165) is 57.3 Å². The molecule has 2 aliphatic rings. The van der Waals surface area contributed by atoms with E-state index in [0.29, 0.717) is 12.5 Å². The summed E-state index contributed by atoms with van der Waals surface area (Å²) in [7, 11) is 0. The summed E-state index contributed by atoms with van der Waals surface area (Å²) in [6.45, 7) is 7.78. The highest BCUT2D eigenvalue weighted by Crippen LogP contribution is 2.34. The molecule has 0 N–H and O–H groups in total. The van der Waals surface area contributed by atoms with Gasteiger partial charge in [0.25, 0.3) is 0 Å². The molecule has 24 heavy (non-hydrogen) atoms. The van der Waals surface area contributed by atoms with Crippen LogP contribution in [0.15, 0.2) is 35.3 Å². The molecule has 2 aromatic heterocycles. The van der Waals surface area contributed by atoms with Gasteiger partial charge in [-0.2, -0.15) is 0 Å². The lowest BCUT2D eigenvalue weighted by molar-refractivity contribution is -0.0566. The molecule has 0 aliphatic carbocycles. The van der Waals surface area contributed by atoms with Crippen molar-refractivity contribution < 1.29 is 13.9 Å². The van der Waals surface area contributed by atoms with E-state index in [4.69, 9.17) is 13.9 Å². The Morgan fingerprint density at radius 1 is 1.38 bits per heavy atom. The zero-order valence-corrected chi connectivity index (χ0v) is 14.2. The van der Waals surface area contributed by atoms with Crippen LogP contribution in [0.4, 0.5) is 0 Å². The van der Waals surface area contributed by atoms with Gasteiger partial charge in [0.05, 0.1) is 32.7 Å². The average molecular weight is 331 g/mol. The molecular formula is C18H25N3O3. The molecule has 0 bridgehead atoms. The van der Waals surface area contributed by atoms with Gasteiger partial charge in [0.1, 0.15) is 17.1 Å². The number of nitrogens with zero attached hydrogens (tertiary/aromatic N) is 3. The van der Waals surface area contributed by atoms with Gasteiger partial charge in [-0.3, -0.25) is 4.90 Å². The van der Waals surface area contributed by atoms with E-state index in [1.165, 1.54) is 0 Å². The largest absolute Gasteiger partial charge is 0.465 e. The van der Waals surface area contributed by atoms with Gasteiger partial charge >= 0.3 is 0 Å². The summed E-state index contributed by atoms with van der Waals surface area (Å²) in [6.07, 6.45) is 6.74. The monoisotopic (exact) mass is 331 g/mol. The number of rotatable bonds is 4. The fourth-order valence-electron chi connectivity index (χ4n) is 3.87. The summed E-state index contributed by atoms with van der Waals surface area (Å²) in [4.78, 5) is 6.52. The highest BCUT2D eigenvalue weighted by atomic mass is 16.5. The summed E-state index contributed by atoms with van der Waals surface area (Å²) in [6, 6.07) is 4.08. The van der Waals surface area contributed by atoms with Crippen molar-refractivity contribution in [2.24, 2.45) is 5.92 Å². The summed E-state index contributed by atoms with van der Waals surface area (Å²) in [5.41, 5.74) is -0.191. The van der Waals surface area contributed by atoms with Gasteiger partial charge < -0.3 is 18.5 Å². The van der Waals surface area contributed by atoms with E-state index in [1.807, 2.05) is 31.7 Å². The van der Waals surface area contributed by atoms with Crippen molar-refractivity contribution in [3.8, 4) is 0 Å². The molecule has 2 fully saturated rings. The van der Waals surface area contributed by atoms with Gasteiger partial charge in [0.2, 0.25) is 0 Å². The standard InChI is InChI=1S/C18H25N3O3/c1-15-2-3-17(24-15)10-20-6-7-22-13-18(12-20)8-16(11-23-18)9-21-5-4-19-14-21/h2-5,14,16H,6-13H2,1H3/t16-,18-/m0/s1. The van der Waals surface area contributed by atoms with Gasteiger partial charge in [-0.1, -0.05) is 0 Å². The zero-order chi connectivity index (χ0) is 16.4. The third kappa shape index (κ3) is 3.55. The lowest BCUT2D eigenvalue weighted by Crippen LogP contribution is -2.43. The van der Waals surface area contributed by atoms with Gasteiger partial charge in [-0.25, -0.2) is 4.98 Å². The number of hydrogen-bond donors (Lipinski definition) is 0. The Morgan fingerprint density at radius 3 is 3.12 bits per heavy atom. The van der Waals surface area contributed by atoms with Gasteiger partial charge in [-0.15, -0.1) is 0 Å². The third-order valence-electron chi connectivity index (χ3n) is 4.92. The minimum atomic E-state index is -0.191. The number of imidazole rings is 1. The smallest absolute Gasteiger partial charge is 0.118 e. The molecule has 0 aromatic carbocycles. The summed E-state index contributed by atoms with van der Waals surface area (Å²) >= 11 is 0. The highest BCUT2D eigenvalue weighted by molar-refractivity contribution is 5.06. The SMILES string of the molecule is Cc1ccc(CN2CCOC[C@]3(C[C@@H](Cn4ccnc4)CO3)C2)o1. The molecule has 6 nitrogen and oxygen atoms in total. The predicted octanol–water partition coefficient (Wildman–Crippen LogP) is 2.09. The predicted molar refractivity (Wildman–Crippen MR) is 88.6 cm³/mol. The Balaban J connectivity index is 1.40. The fourth-order valence-corrected chi connectivity index (χ4v) is 3.87. The van der Waals surface area contributed by atoms with Crippen LogP contribution in [0, 0.1) is 12.8 Å². The summed E-state index contributed by atoms with van der Waals surface area (Å²) < 4.78 is 20.0. The van der Waals surface area contributed by atoms with Gasteiger partial charge in [0, 0.05) is 37.9 Å². The Bertz CT molecular complexity index is 654. The van der Waals surface area contributed by atoms with Crippen LogP contribution in [0.3, 0.4) is 0 Å². The first-order chi connectivity index (χ1) is 11.7. The third-order valence-corrected chi connectivity index (χ3v) is 4.92. The van der Waals surface area contributed by atoms with E-state index in [2.05, 4.69) is 20.5 Å². The molecule has 130 valence electrons. The van der Waals surface area contributed by atoms with E-state index in [1.54, 1.807) is 0 Å². The molecule has 4 rings (SSSR count). The molecular weight excluding hydrogens is 306 g/mol. The van der Waals surface area contributed by atoms with E-state index < -0.39 is 0 Å². The van der Waals surface area contributed by atoms with Crippen molar-refractivity contribution in [1.29, 1.82) is 0 Å². The minimum Gasteiger partial charge on any atom is -0.465 e. The molecule has 2 saturated heterocycles. The molecule has 0 amide bonds. The van der Waals surface area contributed by atoms with Gasteiger partial charge in [0.15, 0.2) is 0 Å². The highest BCUT2D eigenvalue weighted by Gasteiger charge is 2.43. The van der Waals surface area contributed by atoms with Crippen molar-refractivity contribution in [2.45, 2.75) is 32.0 Å². The van der Waals surface area contributed by atoms with Crippen molar-refractivity contribution in [2.75, 3.05) is 32.9 Å². The lowest BCUT2D eigenvalue weighted by atomic mass is 9.94. The normalized spacial score (nSPS) is 28.5. The second-order valence-electron chi connectivity index (χ2n) is 7.10. The number of furan rings is 1. The molecule has 6 heteroatoms. The van der Waals surface area contributed by atoms with Crippen LogP contribution in [0.25, 0.3) is 0 Å². The zero-order valence-electron chi connectivity index (χ0n) is 14.2. The first-order valence-corrected chi connectivity index (χ1v) is 8.66. The maximum absolute atomic E-state index is 6.26. The van der Waals surface area contributed by atoms with Crippen molar-refractivity contribution in [3.05, 3.63) is 42.4 Å². The Labute approximate surface area is 142 Å². The van der Waals surface area contributed by atoms with E-state index in [9.17, 15) is 0 Å². The van der Waals surface area contributed by atoms with Crippen LogP contribution in [0.5, 0.6) is 0 Å². The number of aromatic nitrogens is 2. The van der Waals surface area contributed by atoms with Crippen molar-refractivity contribution in [3.63, 3.8) is 0 Å². The minimum absolute atomic E-state index is 0.191. The van der Waals surface area contributed by atoms with E-state index >= 15 is 0 Å². The summed E-state index contributed by atoms with van der Waals surface area (Å²) in [5, 5.41) is 0. The van der Waals surface area contributed by atoms with Crippen LogP contribution in [0.1, 0.15) is 17.9 Å². The van der Waals surface area contributed by atoms with E-state index in [-0.39, 0.29) is 5.60 Å². The molecule has 0 unspecified atom stereocenters. The Hall–Kier alpha value is -1.63. The number of ether oxygens (including phenoxy) is 2. The second kappa shape index (κ2) is 6.70. The van der Waals surface area contributed by atoms with Crippen molar-refractivity contribution >= 4 is 0 Å².